The minimum absolute atomic E-state index is 0.0610. The van der Waals surface area contributed by atoms with Crippen molar-refractivity contribution in [3.8, 4) is 5.75 Å². The molecule has 7 heteroatoms. The topological polar surface area (TPSA) is 73.6 Å². The van der Waals surface area contributed by atoms with Gasteiger partial charge in [-0.05, 0) is 55.5 Å². The summed E-state index contributed by atoms with van der Waals surface area (Å²) in [6.45, 7) is 1.84. The van der Waals surface area contributed by atoms with Crippen LogP contribution in [-0.2, 0) is 9.84 Å². The van der Waals surface area contributed by atoms with Gasteiger partial charge in [0.1, 0.15) is 11.6 Å². The van der Waals surface area contributed by atoms with Crippen LogP contribution in [0.1, 0.15) is 16.1 Å². The third-order valence-corrected chi connectivity index (χ3v) is 5.04. The number of aryl methyl sites for hydroxylation is 1. The quantitative estimate of drug-likeness (QED) is 0.523. The molecule has 1 aromatic heterocycles. The Bertz CT molecular complexity index is 1000. The number of benzene rings is 2. The zero-order valence-electron chi connectivity index (χ0n) is 13.1. The number of ether oxygens (including phenoxy) is 1. The molecular formula is C18H13FO5S. The van der Waals surface area contributed by atoms with Crippen LogP contribution in [0.25, 0.3) is 0 Å². The first-order valence-electron chi connectivity index (χ1n) is 7.25. The Labute approximate surface area is 143 Å². The fourth-order valence-corrected chi connectivity index (χ4v) is 3.24. The summed E-state index contributed by atoms with van der Waals surface area (Å²) in [4.78, 5) is 12.1. The van der Waals surface area contributed by atoms with Gasteiger partial charge in [0, 0.05) is 0 Å². The van der Waals surface area contributed by atoms with Crippen LogP contribution in [0.5, 0.6) is 5.75 Å². The van der Waals surface area contributed by atoms with E-state index >= 15 is 0 Å². The Kier molecular flexibility index (Phi) is 4.41. The van der Waals surface area contributed by atoms with Gasteiger partial charge in [-0.1, -0.05) is 17.7 Å². The second-order valence-corrected chi connectivity index (χ2v) is 7.16. The van der Waals surface area contributed by atoms with Gasteiger partial charge < -0.3 is 9.15 Å². The second-order valence-electron chi connectivity index (χ2n) is 5.28. The zero-order chi connectivity index (χ0) is 18.0. The smallest absolute Gasteiger partial charge is 0.379 e. The van der Waals surface area contributed by atoms with E-state index in [1.807, 2.05) is 6.92 Å². The largest absolute Gasteiger partial charge is 0.437 e. The maximum absolute atomic E-state index is 12.8. The van der Waals surface area contributed by atoms with Crippen LogP contribution in [0.4, 0.5) is 4.39 Å². The average Bonchev–Trinajstić information content (AvgIpc) is 3.08. The number of sulfone groups is 1. The third kappa shape index (κ3) is 3.61. The Balaban J connectivity index is 1.82. The molecule has 0 spiro atoms. The van der Waals surface area contributed by atoms with Gasteiger partial charge >= 0.3 is 5.97 Å². The fourth-order valence-electron chi connectivity index (χ4n) is 2.07. The fraction of sp³-hybridized carbons (Fsp3) is 0.0556. The van der Waals surface area contributed by atoms with Crippen molar-refractivity contribution in [1.29, 1.82) is 0 Å². The molecule has 0 fully saturated rings. The third-order valence-electron chi connectivity index (χ3n) is 3.40. The van der Waals surface area contributed by atoms with Gasteiger partial charge in [-0.2, -0.15) is 0 Å². The van der Waals surface area contributed by atoms with Crippen molar-refractivity contribution in [2.24, 2.45) is 0 Å². The number of hydrogen-bond donors (Lipinski definition) is 0. The molecule has 0 aliphatic rings. The van der Waals surface area contributed by atoms with E-state index in [4.69, 9.17) is 9.15 Å². The van der Waals surface area contributed by atoms with Crippen LogP contribution >= 0.6 is 0 Å². The van der Waals surface area contributed by atoms with Crippen molar-refractivity contribution in [3.63, 3.8) is 0 Å². The van der Waals surface area contributed by atoms with Crippen LogP contribution in [0.3, 0.4) is 0 Å². The Hall–Kier alpha value is -2.93. The molecule has 0 bridgehead atoms. The van der Waals surface area contributed by atoms with E-state index < -0.39 is 21.6 Å². The number of hydrogen-bond acceptors (Lipinski definition) is 5. The van der Waals surface area contributed by atoms with Crippen LogP contribution in [0.2, 0.25) is 0 Å². The molecule has 1 heterocycles. The Morgan fingerprint density at radius 3 is 2.24 bits per heavy atom. The molecule has 25 heavy (non-hydrogen) atoms. The first kappa shape index (κ1) is 16.9. The monoisotopic (exact) mass is 360 g/mol. The first-order chi connectivity index (χ1) is 11.9. The summed E-state index contributed by atoms with van der Waals surface area (Å²) in [5.41, 5.74) is 0.918. The molecule has 3 rings (SSSR count). The van der Waals surface area contributed by atoms with E-state index in [-0.39, 0.29) is 21.5 Å². The lowest BCUT2D eigenvalue weighted by Crippen LogP contribution is -2.07. The SMILES string of the molecule is Cc1ccc(S(=O)(=O)c2ccc(C(=O)Oc3ccc(F)cc3)o2)cc1. The maximum Gasteiger partial charge on any atom is 0.379 e. The van der Waals surface area contributed by atoms with Crippen LogP contribution < -0.4 is 4.74 Å². The Morgan fingerprint density at radius 1 is 0.960 bits per heavy atom. The van der Waals surface area contributed by atoms with Gasteiger partial charge in [0.25, 0.3) is 0 Å². The summed E-state index contributed by atoms with van der Waals surface area (Å²) in [5, 5.41) is -0.359. The molecular weight excluding hydrogens is 347 g/mol. The summed E-state index contributed by atoms with van der Waals surface area (Å²) < 4.78 is 48.0. The number of carbonyl (C=O) groups is 1. The molecule has 0 aliphatic carbocycles. The number of halogens is 1. The van der Waals surface area contributed by atoms with Crippen LogP contribution in [-0.4, -0.2) is 14.4 Å². The van der Waals surface area contributed by atoms with Gasteiger partial charge in [0.05, 0.1) is 4.90 Å². The van der Waals surface area contributed by atoms with Crippen molar-refractivity contribution < 1.29 is 26.8 Å². The first-order valence-corrected chi connectivity index (χ1v) is 8.74. The molecule has 0 radical (unpaired) electrons. The molecule has 0 saturated carbocycles. The number of furan rings is 1. The lowest BCUT2D eigenvalue weighted by Gasteiger charge is -2.03. The lowest BCUT2D eigenvalue weighted by molar-refractivity contribution is 0.0695. The van der Waals surface area contributed by atoms with E-state index in [9.17, 15) is 17.6 Å². The van der Waals surface area contributed by atoms with Crippen molar-refractivity contribution in [2.75, 3.05) is 0 Å². The van der Waals surface area contributed by atoms with Crippen LogP contribution in [0, 0.1) is 12.7 Å². The maximum atomic E-state index is 12.8. The van der Waals surface area contributed by atoms with E-state index in [0.29, 0.717) is 0 Å². The Morgan fingerprint density at radius 2 is 1.60 bits per heavy atom. The van der Waals surface area contributed by atoms with Gasteiger partial charge in [-0.3, -0.25) is 0 Å². The van der Waals surface area contributed by atoms with Crippen molar-refractivity contribution in [1.82, 2.24) is 0 Å². The molecule has 3 aromatic rings. The van der Waals surface area contributed by atoms with Gasteiger partial charge in [0.2, 0.25) is 20.7 Å². The molecule has 0 atom stereocenters. The molecule has 5 nitrogen and oxygen atoms in total. The van der Waals surface area contributed by atoms with E-state index in [0.717, 1.165) is 17.7 Å². The van der Waals surface area contributed by atoms with E-state index in [2.05, 4.69) is 0 Å². The molecule has 0 unspecified atom stereocenters. The van der Waals surface area contributed by atoms with E-state index in [1.54, 1.807) is 12.1 Å². The van der Waals surface area contributed by atoms with Gasteiger partial charge in [-0.15, -0.1) is 0 Å². The highest BCUT2D eigenvalue weighted by molar-refractivity contribution is 7.91. The summed E-state index contributed by atoms with van der Waals surface area (Å²) in [6.07, 6.45) is 0. The highest BCUT2D eigenvalue weighted by Gasteiger charge is 2.24. The zero-order valence-corrected chi connectivity index (χ0v) is 13.9. The predicted octanol–water partition coefficient (Wildman–Crippen LogP) is 3.78. The van der Waals surface area contributed by atoms with Gasteiger partial charge in [-0.25, -0.2) is 17.6 Å². The van der Waals surface area contributed by atoms with Crippen molar-refractivity contribution in [3.05, 3.63) is 77.8 Å². The minimum Gasteiger partial charge on any atom is -0.437 e. The summed E-state index contributed by atoms with van der Waals surface area (Å²) >= 11 is 0. The molecule has 0 amide bonds. The minimum atomic E-state index is -3.87. The van der Waals surface area contributed by atoms with E-state index in [1.165, 1.54) is 36.4 Å². The summed E-state index contributed by atoms with van der Waals surface area (Å²) in [5.74, 6) is -1.50. The average molecular weight is 360 g/mol. The molecule has 0 saturated heterocycles. The normalized spacial score (nSPS) is 11.3. The van der Waals surface area contributed by atoms with Crippen LogP contribution in [0.15, 0.2) is 75.1 Å². The highest BCUT2D eigenvalue weighted by Crippen LogP contribution is 2.24. The predicted molar refractivity (Wildman–Crippen MR) is 86.7 cm³/mol. The summed E-state index contributed by atoms with van der Waals surface area (Å²) in [7, 11) is -3.87. The second kappa shape index (κ2) is 6.52. The van der Waals surface area contributed by atoms with Gasteiger partial charge in [0.15, 0.2) is 0 Å². The van der Waals surface area contributed by atoms with Crippen molar-refractivity contribution >= 4 is 15.8 Å². The standard InChI is InChI=1S/C18H13FO5S/c1-12-2-8-15(9-3-12)25(21,22)17-11-10-16(24-17)18(20)23-14-6-4-13(19)5-7-14/h2-11H,1H3. The number of carbonyl (C=O) groups excluding carboxylic acids is 1. The van der Waals surface area contributed by atoms with Crippen molar-refractivity contribution in [2.45, 2.75) is 16.9 Å². The molecule has 2 aromatic carbocycles. The molecule has 0 aliphatic heterocycles. The molecule has 128 valence electrons. The number of rotatable bonds is 4. The lowest BCUT2D eigenvalue weighted by atomic mass is 10.2. The number of esters is 1. The highest BCUT2D eigenvalue weighted by atomic mass is 32.2. The molecule has 0 N–H and O–H groups in total. The summed E-state index contributed by atoms with van der Waals surface area (Å²) in [6, 6.07) is 13.5.